The Kier molecular flexibility index (Phi) is 4.20. The number of amides is 1. The molecule has 0 radical (unpaired) electrons. The lowest BCUT2D eigenvalue weighted by Crippen LogP contribution is -2.32. The van der Waals surface area contributed by atoms with E-state index in [-0.39, 0.29) is 12.1 Å². The fourth-order valence-electron chi connectivity index (χ4n) is 2.92. The van der Waals surface area contributed by atoms with E-state index in [4.69, 9.17) is 4.42 Å². The molecule has 1 N–H and O–H groups in total. The number of benzene rings is 1. The number of ketones is 1. The number of hydrogen-bond donors (Lipinski definition) is 1. The highest BCUT2D eigenvalue weighted by Gasteiger charge is 2.42. The van der Waals surface area contributed by atoms with E-state index in [1.54, 1.807) is 12.1 Å². The van der Waals surface area contributed by atoms with Gasteiger partial charge in [-0.05, 0) is 36.8 Å². The molecule has 3 rings (SSSR count). The van der Waals surface area contributed by atoms with Crippen molar-refractivity contribution in [3.8, 4) is 0 Å². The fraction of sp³-hybridized carbons (Fsp3) is 0.222. The number of Topliss-reactive ketones (excluding diaryl/α,β-unsaturated/α-hetero) is 1. The van der Waals surface area contributed by atoms with Crippen LogP contribution in [0.4, 0.5) is 4.39 Å². The Hall–Kier alpha value is -2.89. The molecule has 1 aromatic carbocycles. The summed E-state index contributed by atoms with van der Waals surface area (Å²) < 4.78 is 18.4. The lowest BCUT2D eigenvalue weighted by molar-refractivity contribution is -0.129. The van der Waals surface area contributed by atoms with Crippen molar-refractivity contribution in [1.82, 2.24) is 4.90 Å². The van der Waals surface area contributed by atoms with Crippen LogP contribution in [0.5, 0.6) is 0 Å². The molecule has 0 spiro atoms. The first kappa shape index (κ1) is 16.0. The van der Waals surface area contributed by atoms with Crippen LogP contribution in [0.3, 0.4) is 0 Å². The molecule has 6 heteroatoms. The normalized spacial score (nSPS) is 17.7. The summed E-state index contributed by atoms with van der Waals surface area (Å²) in [4.78, 5) is 25.7. The Morgan fingerprint density at radius 1 is 1.29 bits per heavy atom. The van der Waals surface area contributed by atoms with Gasteiger partial charge in [-0.15, -0.1) is 0 Å². The van der Waals surface area contributed by atoms with E-state index in [0.717, 1.165) is 0 Å². The summed E-state index contributed by atoms with van der Waals surface area (Å²) in [5.41, 5.74) is 0.601. The van der Waals surface area contributed by atoms with Gasteiger partial charge in [0.1, 0.15) is 11.6 Å². The molecule has 1 unspecified atom stereocenters. The number of nitrogens with zero attached hydrogens (tertiary/aromatic N) is 1. The predicted octanol–water partition coefficient (Wildman–Crippen LogP) is 2.95. The molecular weight excluding hydrogens is 313 g/mol. The number of aliphatic hydroxyl groups excluding tert-OH is 1. The van der Waals surface area contributed by atoms with Crippen LogP contribution < -0.4 is 0 Å². The zero-order valence-corrected chi connectivity index (χ0v) is 13.0. The number of rotatable bonds is 5. The number of furan rings is 1. The summed E-state index contributed by atoms with van der Waals surface area (Å²) in [6.45, 7) is 1.56. The Bertz CT molecular complexity index is 793. The lowest BCUT2D eigenvalue weighted by Gasteiger charge is -2.26. The molecule has 1 aliphatic rings. The fourth-order valence-corrected chi connectivity index (χ4v) is 2.92. The average Bonchev–Trinajstić information content (AvgIpc) is 3.14. The van der Waals surface area contributed by atoms with Crippen molar-refractivity contribution in [2.45, 2.75) is 19.4 Å². The van der Waals surface area contributed by atoms with Gasteiger partial charge in [0.05, 0.1) is 17.9 Å². The highest BCUT2D eigenvalue weighted by molar-refractivity contribution is 6.08. The second-order valence-electron chi connectivity index (χ2n) is 5.60. The zero-order valence-electron chi connectivity index (χ0n) is 13.0. The predicted molar refractivity (Wildman–Crippen MR) is 83.6 cm³/mol. The van der Waals surface area contributed by atoms with Crippen LogP contribution in [-0.4, -0.2) is 28.2 Å². The SMILES string of the molecule is CC(=O)C1=C(O)C(=O)N(CCc2ccco2)C1c1ccc(F)cc1. The first-order valence-electron chi connectivity index (χ1n) is 7.52. The maximum atomic E-state index is 13.2. The molecule has 1 aliphatic heterocycles. The van der Waals surface area contributed by atoms with E-state index < -0.39 is 29.3 Å². The van der Waals surface area contributed by atoms with Crippen molar-refractivity contribution in [3.63, 3.8) is 0 Å². The zero-order chi connectivity index (χ0) is 17.3. The number of carbonyl (C=O) groups is 2. The van der Waals surface area contributed by atoms with Gasteiger partial charge in [0.2, 0.25) is 0 Å². The minimum atomic E-state index is -0.731. The molecule has 0 aliphatic carbocycles. The monoisotopic (exact) mass is 329 g/mol. The van der Waals surface area contributed by atoms with Gasteiger partial charge in [-0.1, -0.05) is 12.1 Å². The van der Waals surface area contributed by atoms with E-state index in [2.05, 4.69) is 0 Å². The van der Waals surface area contributed by atoms with Crippen molar-refractivity contribution in [2.24, 2.45) is 0 Å². The molecule has 1 aromatic heterocycles. The van der Waals surface area contributed by atoms with Gasteiger partial charge in [0.15, 0.2) is 11.5 Å². The van der Waals surface area contributed by atoms with Gasteiger partial charge in [-0.2, -0.15) is 0 Å². The summed E-state index contributed by atoms with van der Waals surface area (Å²) >= 11 is 0. The average molecular weight is 329 g/mol. The van der Waals surface area contributed by atoms with Crippen molar-refractivity contribution < 1.29 is 23.5 Å². The summed E-state index contributed by atoms with van der Waals surface area (Å²) in [5, 5.41) is 10.1. The van der Waals surface area contributed by atoms with Crippen LogP contribution in [0.2, 0.25) is 0 Å². The van der Waals surface area contributed by atoms with Gasteiger partial charge in [0, 0.05) is 13.0 Å². The van der Waals surface area contributed by atoms with Crippen molar-refractivity contribution in [1.29, 1.82) is 0 Å². The third-order valence-corrected chi connectivity index (χ3v) is 4.05. The van der Waals surface area contributed by atoms with E-state index in [9.17, 15) is 19.1 Å². The lowest BCUT2D eigenvalue weighted by atomic mass is 9.96. The summed E-state index contributed by atoms with van der Waals surface area (Å²) in [7, 11) is 0. The summed E-state index contributed by atoms with van der Waals surface area (Å²) in [5.74, 6) is -1.27. The second kappa shape index (κ2) is 6.31. The van der Waals surface area contributed by atoms with E-state index in [1.807, 2.05) is 0 Å². The van der Waals surface area contributed by atoms with Gasteiger partial charge in [-0.3, -0.25) is 9.59 Å². The maximum absolute atomic E-state index is 13.2. The Balaban J connectivity index is 1.95. The molecule has 0 saturated heterocycles. The van der Waals surface area contributed by atoms with E-state index in [0.29, 0.717) is 17.7 Å². The van der Waals surface area contributed by atoms with Crippen LogP contribution in [0, 0.1) is 5.82 Å². The molecule has 0 saturated carbocycles. The topological polar surface area (TPSA) is 70.8 Å². The molecule has 2 aromatic rings. The molecule has 2 heterocycles. The Labute approximate surface area is 138 Å². The first-order valence-corrected chi connectivity index (χ1v) is 7.52. The third-order valence-electron chi connectivity index (χ3n) is 4.05. The van der Waals surface area contributed by atoms with Crippen LogP contribution >= 0.6 is 0 Å². The van der Waals surface area contributed by atoms with Crippen LogP contribution in [0.25, 0.3) is 0 Å². The summed E-state index contributed by atoms with van der Waals surface area (Å²) in [6.07, 6.45) is 1.98. The summed E-state index contributed by atoms with van der Waals surface area (Å²) in [6, 6.07) is 8.34. The van der Waals surface area contributed by atoms with Crippen molar-refractivity contribution >= 4 is 11.7 Å². The van der Waals surface area contributed by atoms with Gasteiger partial charge in [0.25, 0.3) is 5.91 Å². The van der Waals surface area contributed by atoms with Crippen LogP contribution in [0.15, 0.2) is 58.4 Å². The standard InChI is InChI=1S/C18H16FNO4/c1-11(21)15-16(12-4-6-13(19)7-5-12)20(18(23)17(15)22)9-8-14-3-2-10-24-14/h2-7,10,16,22H,8-9H2,1H3. The molecular formula is C18H16FNO4. The molecule has 124 valence electrons. The smallest absolute Gasteiger partial charge is 0.290 e. The molecule has 1 amide bonds. The first-order chi connectivity index (χ1) is 11.5. The third kappa shape index (κ3) is 2.82. The van der Waals surface area contributed by atoms with E-state index in [1.165, 1.54) is 42.4 Å². The van der Waals surface area contributed by atoms with Crippen molar-refractivity contribution in [2.75, 3.05) is 6.54 Å². The largest absolute Gasteiger partial charge is 0.503 e. The van der Waals surface area contributed by atoms with Crippen LogP contribution in [-0.2, 0) is 16.0 Å². The highest BCUT2D eigenvalue weighted by Crippen LogP contribution is 2.37. The minimum Gasteiger partial charge on any atom is -0.503 e. The second-order valence-corrected chi connectivity index (χ2v) is 5.60. The van der Waals surface area contributed by atoms with Gasteiger partial charge in [-0.25, -0.2) is 4.39 Å². The van der Waals surface area contributed by atoms with Gasteiger partial charge >= 0.3 is 0 Å². The molecule has 0 bridgehead atoms. The number of halogens is 1. The highest BCUT2D eigenvalue weighted by atomic mass is 19.1. The van der Waals surface area contributed by atoms with Crippen molar-refractivity contribution in [3.05, 3.63) is 71.1 Å². The Morgan fingerprint density at radius 2 is 2.00 bits per heavy atom. The molecule has 0 fully saturated rings. The minimum absolute atomic E-state index is 0.0334. The van der Waals surface area contributed by atoms with E-state index >= 15 is 0 Å². The molecule has 24 heavy (non-hydrogen) atoms. The molecule has 1 atom stereocenters. The molecule has 5 nitrogen and oxygen atoms in total. The number of aliphatic hydroxyl groups is 1. The maximum Gasteiger partial charge on any atom is 0.290 e. The quantitative estimate of drug-likeness (QED) is 0.915. The Morgan fingerprint density at radius 3 is 2.58 bits per heavy atom. The number of carbonyl (C=O) groups excluding carboxylic acids is 2. The number of hydrogen-bond acceptors (Lipinski definition) is 4. The van der Waals surface area contributed by atoms with Crippen LogP contribution in [0.1, 0.15) is 24.3 Å². The van der Waals surface area contributed by atoms with Gasteiger partial charge < -0.3 is 14.4 Å².